The fourth-order valence-corrected chi connectivity index (χ4v) is 0.900. The molecule has 0 aliphatic heterocycles. The summed E-state index contributed by atoms with van der Waals surface area (Å²) in [6.07, 6.45) is 2.70. The predicted molar refractivity (Wildman–Crippen MR) is 44.6 cm³/mol. The van der Waals surface area contributed by atoms with E-state index in [1.54, 1.807) is 0 Å². The molecule has 0 unspecified atom stereocenters. The first kappa shape index (κ1) is 9.45. The number of carbonyl (C=O) groups is 1. The molecule has 1 saturated carbocycles. The molecule has 0 aromatic heterocycles. The molecule has 0 bridgehead atoms. The maximum Gasteiger partial charge on any atom is 0.234 e. The summed E-state index contributed by atoms with van der Waals surface area (Å²) in [7, 11) is 0. The lowest BCUT2D eigenvalue weighted by Crippen LogP contribution is -2.35. The van der Waals surface area contributed by atoms with Crippen molar-refractivity contribution < 1.29 is 9.18 Å². The van der Waals surface area contributed by atoms with Crippen molar-refractivity contribution in [3.63, 3.8) is 0 Å². The van der Waals surface area contributed by atoms with Crippen LogP contribution in [0.3, 0.4) is 0 Å². The summed E-state index contributed by atoms with van der Waals surface area (Å²) in [6, 6.07) is 0.417. The summed E-state index contributed by atoms with van der Waals surface area (Å²) in [5.74, 6) is 0.0244. The predicted octanol–water partition coefficient (Wildman–Crippen LogP) is 0.214. The molecule has 1 fully saturated rings. The van der Waals surface area contributed by atoms with Crippen LogP contribution in [-0.2, 0) is 4.79 Å². The zero-order valence-corrected chi connectivity index (χ0v) is 7.11. The zero-order valence-electron chi connectivity index (χ0n) is 7.11. The normalized spacial score (nSPS) is 16.1. The number of alkyl halides is 1. The number of rotatable bonds is 6. The molecule has 1 aliphatic carbocycles. The van der Waals surface area contributed by atoms with Gasteiger partial charge in [-0.2, -0.15) is 0 Å². The summed E-state index contributed by atoms with van der Waals surface area (Å²) in [5.41, 5.74) is 0. The number of hydrogen-bond donors (Lipinski definition) is 2. The van der Waals surface area contributed by atoms with E-state index in [9.17, 15) is 9.18 Å². The van der Waals surface area contributed by atoms with E-state index < -0.39 is 0 Å². The highest BCUT2D eigenvalue weighted by Crippen LogP contribution is 2.17. The third kappa shape index (κ3) is 4.28. The van der Waals surface area contributed by atoms with Crippen LogP contribution in [0.1, 0.15) is 19.3 Å². The molecule has 0 heterocycles. The van der Waals surface area contributed by atoms with Crippen molar-refractivity contribution in [3.8, 4) is 0 Å². The Morgan fingerprint density at radius 1 is 1.50 bits per heavy atom. The number of hydrogen-bond acceptors (Lipinski definition) is 2. The highest BCUT2D eigenvalue weighted by molar-refractivity contribution is 5.78. The van der Waals surface area contributed by atoms with E-state index >= 15 is 0 Å². The van der Waals surface area contributed by atoms with Gasteiger partial charge in [-0.15, -0.1) is 0 Å². The molecule has 1 aliphatic rings. The Labute approximate surface area is 71.7 Å². The lowest BCUT2D eigenvalue weighted by atomic mass is 10.4. The molecular weight excluding hydrogens is 159 g/mol. The van der Waals surface area contributed by atoms with Crippen LogP contribution in [0.25, 0.3) is 0 Å². The molecule has 70 valence electrons. The lowest BCUT2D eigenvalue weighted by molar-refractivity contribution is -0.120. The first-order valence-corrected chi connectivity index (χ1v) is 4.39. The maximum absolute atomic E-state index is 11.6. The average molecular weight is 174 g/mol. The molecule has 0 spiro atoms. The fourth-order valence-electron chi connectivity index (χ4n) is 0.900. The van der Waals surface area contributed by atoms with Gasteiger partial charge in [0.15, 0.2) is 0 Å². The summed E-state index contributed by atoms with van der Waals surface area (Å²) in [5, 5.41) is 5.70. The highest BCUT2D eigenvalue weighted by atomic mass is 19.1. The van der Waals surface area contributed by atoms with E-state index in [0.29, 0.717) is 25.6 Å². The third-order valence-electron chi connectivity index (χ3n) is 1.72. The summed E-state index contributed by atoms with van der Waals surface area (Å²) < 4.78 is 11.6. The van der Waals surface area contributed by atoms with Gasteiger partial charge in [-0.25, -0.2) is 0 Å². The van der Waals surface area contributed by atoms with Crippen LogP contribution in [0.4, 0.5) is 4.39 Å². The van der Waals surface area contributed by atoms with Crippen LogP contribution < -0.4 is 10.6 Å². The van der Waals surface area contributed by atoms with Gasteiger partial charge < -0.3 is 10.6 Å². The Bertz CT molecular complexity index is 148. The lowest BCUT2D eigenvalue weighted by Gasteiger charge is -2.03. The molecule has 2 N–H and O–H groups in total. The zero-order chi connectivity index (χ0) is 8.81. The van der Waals surface area contributed by atoms with Gasteiger partial charge in [0.1, 0.15) is 0 Å². The first-order chi connectivity index (χ1) is 5.83. The van der Waals surface area contributed by atoms with E-state index in [-0.39, 0.29) is 12.6 Å². The molecule has 0 aromatic rings. The van der Waals surface area contributed by atoms with Gasteiger partial charge in [-0.1, -0.05) is 0 Å². The molecule has 0 atom stereocenters. The van der Waals surface area contributed by atoms with E-state index in [0.717, 1.165) is 12.8 Å². The van der Waals surface area contributed by atoms with Crippen LogP contribution in [0.2, 0.25) is 0 Å². The number of carbonyl (C=O) groups excluding carboxylic acids is 1. The molecule has 4 heteroatoms. The van der Waals surface area contributed by atoms with Gasteiger partial charge in [0, 0.05) is 6.04 Å². The molecule has 1 amide bonds. The standard InChI is InChI=1S/C8H15FN2O/c9-4-1-5-10-6-8(12)11-7-2-3-7/h7,10H,1-6H2,(H,11,12). The molecule has 1 rings (SSSR count). The minimum atomic E-state index is -0.322. The second-order valence-corrected chi connectivity index (χ2v) is 3.06. The van der Waals surface area contributed by atoms with Crippen molar-refractivity contribution in [2.45, 2.75) is 25.3 Å². The summed E-state index contributed by atoms with van der Waals surface area (Å²) in [6.45, 7) is 0.572. The third-order valence-corrected chi connectivity index (χ3v) is 1.72. The van der Waals surface area contributed by atoms with Gasteiger partial charge in [0.05, 0.1) is 13.2 Å². The van der Waals surface area contributed by atoms with Crippen LogP contribution in [0.5, 0.6) is 0 Å². The second-order valence-electron chi connectivity index (χ2n) is 3.06. The Morgan fingerprint density at radius 3 is 2.83 bits per heavy atom. The van der Waals surface area contributed by atoms with Crippen LogP contribution in [0, 0.1) is 0 Å². The maximum atomic E-state index is 11.6. The Morgan fingerprint density at radius 2 is 2.25 bits per heavy atom. The van der Waals surface area contributed by atoms with E-state index in [4.69, 9.17) is 0 Å². The highest BCUT2D eigenvalue weighted by Gasteiger charge is 2.22. The van der Waals surface area contributed by atoms with E-state index in [2.05, 4.69) is 10.6 Å². The second kappa shape index (κ2) is 5.09. The minimum Gasteiger partial charge on any atom is -0.352 e. The minimum absolute atomic E-state index is 0.0244. The molecule has 0 saturated heterocycles. The average Bonchev–Trinajstić information content (AvgIpc) is 2.82. The first-order valence-electron chi connectivity index (χ1n) is 4.39. The topological polar surface area (TPSA) is 41.1 Å². The summed E-state index contributed by atoms with van der Waals surface area (Å²) in [4.78, 5) is 11.0. The van der Waals surface area contributed by atoms with Crippen molar-refractivity contribution in [3.05, 3.63) is 0 Å². The number of amides is 1. The Balaban J connectivity index is 1.87. The van der Waals surface area contributed by atoms with Crippen molar-refractivity contribution in [2.24, 2.45) is 0 Å². The molecule has 3 nitrogen and oxygen atoms in total. The van der Waals surface area contributed by atoms with Crippen molar-refractivity contribution in [1.82, 2.24) is 10.6 Å². The van der Waals surface area contributed by atoms with Crippen molar-refractivity contribution in [2.75, 3.05) is 19.8 Å². The largest absolute Gasteiger partial charge is 0.352 e. The van der Waals surface area contributed by atoms with Crippen LogP contribution in [0.15, 0.2) is 0 Å². The summed E-state index contributed by atoms with van der Waals surface area (Å²) >= 11 is 0. The van der Waals surface area contributed by atoms with Gasteiger partial charge in [0.25, 0.3) is 0 Å². The van der Waals surface area contributed by atoms with Gasteiger partial charge in [0.2, 0.25) is 5.91 Å². The number of nitrogens with one attached hydrogen (secondary N) is 2. The molecule has 12 heavy (non-hydrogen) atoms. The molecule has 0 radical (unpaired) electrons. The smallest absolute Gasteiger partial charge is 0.234 e. The van der Waals surface area contributed by atoms with Crippen molar-refractivity contribution in [1.29, 1.82) is 0 Å². The Hall–Kier alpha value is -0.640. The van der Waals surface area contributed by atoms with Gasteiger partial charge in [-0.3, -0.25) is 9.18 Å². The monoisotopic (exact) mass is 174 g/mol. The quantitative estimate of drug-likeness (QED) is 0.565. The molecule has 0 aromatic carbocycles. The van der Waals surface area contributed by atoms with E-state index in [1.807, 2.05) is 0 Å². The van der Waals surface area contributed by atoms with Gasteiger partial charge >= 0.3 is 0 Å². The molecular formula is C8H15FN2O. The Kier molecular flexibility index (Phi) is 4.00. The van der Waals surface area contributed by atoms with Crippen LogP contribution >= 0.6 is 0 Å². The van der Waals surface area contributed by atoms with Gasteiger partial charge in [-0.05, 0) is 25.8 Å². The van der Waals surface area contributed by atoms with E-state index in [1.165, 1.54) is 0 Å². The van der Waals surface area contributed by atoms with Crippen LogP contribution in [-0.4, -0.2) is 31.7 Å². The van der Waals surface area contributed by atoms with Crippen molar-refractivity contribution >= 4 is 5.91 Å². The fraction of sp³-hybridized carbons (Fsp3) is 0.875. The number of halogens is 1. The SMILES string of the molecule is O=C(CNCCCF)NC1CC1.